The molecule has 0 spiro atoms. The molecule has 0 aliphatic rings. The zero-order chi connectivity index (χ0) is 16.7. The van der Waals surface area contributed by atoms with Crippen LogP contribution in [0.1, 0.15) is 45.6 Å². The molecule has 0 aliphatic heterocycles. The second-order valence-corrected chi connectivity index (χ2v) is 5.51. The minimum absolute atomic E-state index is 0.128. The van der Waals surface area contributed by atoms with Crippen LogP contribution in [0, 0.1) is 5.92 Å². The molecule has 0 aromatic heterocycles. The fourth-order valence-electron chi connectivity index (χ4n) is 2.44. The van der Waals surface area contributed by atoms with Gasteiger partial charge in [0.2, 0.25) is 0 Å². The van der Waals surface area contributed by atoms with Gasteiger partial charge in [0.15, 0.2) is 0 Å². The first-order valence-corrected chi connectivity index (χ1v) is 7.78. The number of hydrogen-bond donors (Lipinski definition) is 2. The molecule has 1 rings (SSSR count). The molecule has 0 aliphatic carbocycles. The van der Waals surface area contributed by atoms with Crippen molar-refractivity contribution in [1.82, 2.24) is 0 Å². The van der Waals surface area contributed by atoms with Gasteiger partial charge in [-0.1, -0.05) is 19.9 Å². The summed E-state index contributed by atoms with van der Waals surface area (Å²) in [5.74, 6) is 0.870. The quantitative estimate of drug-likeness (QED) is 0.732. The molecule has 0 saturated carbocycles. The lowest BCUT2D eigenvalue weighted by Crippen LogP contribution is -2.32. The van der Waals surface area contributed by atoms with Gasteiger partial charge in [0.1, 0.15) is 17.5 Å². The molecule has 0 radical (unpaired) electrons. The van der Waals surface area contributed by atoms with Crippen molar-refractivity contribution >= 4 is 5.97 Å². The molecular weight excluding hydrogens is 282 g/mol. The zero-order valence-electron chi connectivity index (χ0n) is 13.8. The van der Waals surface area contributed by atoms with Crippen molar-refractivity contribution in [2.45, 2.75) is 46.1 Å². The van der Waals surface area contributed by atoms with E-state index < -0.39 is 12.0 Å². The van der Waals surface area contributed by atoms with Gasteiger partial charge in [0.05, 0.1) is 13.2 Å². The fraction of sp³-hybridized carbons (Fsp3) is 0.588. The summed E-state index contributed by atoms with van der Waals surface area (Å²) >= 11 is 0. The Morgan fingerprint density at radius 3 is 2.41 bits per heavy atom. The number of nitrogens with two attached hydrogens (primary N) is 1. The number of aliphatic carboxylic acids is 1. The Labute approximate surface area is 132 Å². The molecule has 3 N–H and O–H groups in total. The molecule has 1 aromatic carbocycles. The van der Waals surface area contributed by atoms with Gasteiger partial charge in [-0.15, -0.1) is 0 Å². The largest absolute Gasteiger partial charge is 0.494 e. The second-order valence-electron chi connectivity index (χ2n) is 5.51. The number of benzene rings is 1. The van der Waals surface area contributed by atoms with Crippen molar-refractivity contribution in [3.63, 3.8) is 0 Å². The van der Waals surface area contributed by atoms with Crippen LogP contribution in [-0.2, 0) is 4.79 Å². The maximum absolute atomic E-state index is 10.9. The molecule has 0 bridgehead atoms. The third-order valence-corrected chi connectivity index (χ3v) is 3.88. The third-order valence-electron chi connectivity index (χ3n) is 3.88. The Morgan fingerprint density at radius 2 is 1.86 bits per heavy atom. The van der Waals surface area contributed by atoms with E-state index in [0.29, 0.717) is 19.6 Å². The molecule has 5 nitrogen and oxygen atoms in total. The molecule has 22 heavy (non-hydrogen) atoms. The maximum atomic E-state index is 10.9. The molecular formula is C17H27NO4. The predicted molar refractivity (Wildman–Crippen MR) is 86.6 cm³/mol. The molecule has 0 amide bonds. The molecule has 124 valence electrons. The summed E-state index contributed by atoms with van der Waals surface area (Å²) in [5.41, 5.74) is 6.69. The smallest absolute Gasteiger partial charge is 0.320 e. The minimum Gasteiger partial charge on any atom is -0.494 e. The highest BCUT2D eigenvalue weighted by molar-refractivity contribution is 5.73. The molecule has 1 aromatic rings. The van der Waals surface area contributed by atoms with Gasteiger partial charge in [-0.3, -0.25) is 4.79 Å². The Balaban J connectivity index is 2.95. The van der Waals surface area contributed by atoms with Gasteiger partial charge in [0.25, 0.3) is 0 Å². The molecule has 3 unspecified atom stereocenters. The van der Waals surface area contributed by atoms with E-state index in [-0.39, 0.29) is 11.8 Å². The molecule has 0 saturated heterocycles. The van der Waals surface area contributed by atoms with Crippen molar-refractivity contribution in [1.29, 1.82) is 0 Å². The number of carbonyl (C=O) groups is 1. The van der Waals surface area contributed by atoms with Crippen LogP contribution in [0.25, 0.3) is 0 Å². The van der Waals surface area contributed by atoms with Gasteiger partial charge in [-0.05, 0) is 43.7 Å². The summed E-state index contributed by atoms with van der Waals surface area (Å²) in [6, 6.07) is 4.96. The Bertz CT molecular complexity index is 490. The summed E-state index contributed by atoms with van der Waals surface area (Å²) in [6.07, 6.45) is 0.426. The lowest BCUT2D eigenvalue weighted by molar-refractivity contribution is -0.138. The van der Waals surface area contributed by atoms with E-state index in [1.807, 2.05) is 39.0 Å². The SMILES string of the molecule is CCOc1ccc(C(C)C(C)CC(N)C(=O)O)c(OCC)c1. The van der Waals surface area contributed by atoms with Crippen molar-refractivity contribution in [3.8, 4) is 11.5 Å². The number of carboxylic acids is 1. The van der Waals surface area contributed by atoms with Gasteiger partial charge in [0, 0.05) is 6.07 Å². The van der Waals surface area contributed by atoms with Gasteiger partial charge in [-0.25, -0.2) is 0 Å². The van der Waals surface area contributed by atoms with Crippen LogP contribution in [0.5, 0.6) is 11.5 Å². The molecule has 3 atom stereocenters. The van der Waals surface area contributed by atoms with E-state index in [0.717, 1.165) is 17.1 Å². The number of ether oxygens (including phenoxy) is 2. The van der Waals surface area contributed by atoms with Crippen LogP contribution in [0.3, 0.4) is 0 Å². The first-order valence-electron chi connectivity index (χ1n) is 7.78. The summed E-state index contributed by atoms with van der Waals surface area (Å²) in [4.78, 5) is 10.9. The van der Waals surface area contributed by atoms with Gasteiger partial charge in [-0.2, -0.15) is 0 Å². The fourth-order valence-corrected chi connectivity index (χ4v) is 2.44. The van der Waals surface area contributed by atoms with E-state index >= 15 is 0 Å². The van der Waals surface area contributed by atoms with Crippen LogP contribution in [0.2, 0.25) is 0 Å². The van der Waals surface area contributed by atoms with E-state index in [2.05, 4.69) is 6.92 Å². The van der Waals surface area contributed by atoms with Crippen molar-refractivity contribution < 1.29 is 19.4 Å². The predicted octanol–water partition coefficient (Wildman–Crippen LogP) is 3.03. The van der Waals surface area contributed by atoms with Crippen LogP contribution in [0.15, 0.2) is 18.2 Å². The van der Waals surface area contributed by atoms with Crippen LogP contribution >= 0.6 is 0 Å². The molecule has 0 heterocycles. The zero-order valence-corrected chi connectivity index (χ0v) is 13.8. The lowest BCUT2D eigenvalue weighted by Gasteiger charge is -2.24. The third kappa shape index (κ3) is 4.91. The van der Waals surface area contributed by atoms with Crippen molar-refractivity contribution in [2.75, 3.05) is 13.2 Å². The first-order chi connectivity index (χ1) is 10.4. The van der Waals surface area contributed by atoms with Crippen LogP contribution in [0.4, 0.5) is 0 Å². The average Bonchev–Trinajstić information content (AvgIpc) is 2.47. The topological polar surface area (TPSA) is 81.8 Å². The first kappa shape index (κ1) is 18.3. The van der Waals surface area contributed by atoms with Gasteiger partial charge < -0.3 is 20.3 Å². The second kappa shape index (κ2) is 8.63. The standard InChI is InChI=1S/C17H27NO4/c1-5-21-13-7-8-14(16(10-13)22-6-2)12(4)11(3)9-15(18)17(19)20/h7-8,10-12,15H,5-6,9,18H2,1-4H3,(H,19,20). The Kier molecular flexibility index (Phi) is 7.18. The lowest BCUT2D eigenvalue weighted by atomic mass is 9.84. The summed E-state index contributed by atoms with van der Waals surface area (Å²) < 4.78 is 11.2. The highest BCUT2D eigenvalue weighted by atomic mass is 16.5. The normalized spacial score (nSPS) is 15.0. The van der Waals surface area contributed by atoms with Crippen molar-refractivity contribution in [3.05, 3.63) is 23.8 Å². The highest BCUT2D eigenvalue weighted by Crippen LogP contribution is 2.36. The van der Waals surface area contributed by atoms with E-state index in [9.17, 15) is 4.79 Å². The molecule has 0 fully saturated rings. The van der Waals surface area contributed by atoms with Crippen molar-refractivity contribution in [2.24, 2.45) is 11.7 Å². The monoisotopic (exact) mass is 309 g/mol. The van der Waals surface area contributed by atoms with E-state index in [1.54, 1.807) is 0 Å². The highest BCUT2D eigenvalue weighted by Gasteiger charge is 2.23. The van der Waals surface area contributed by atoms with E-state index in [1.165, 1.54) is 0 Å². The number of hydrogen-bond acceptors (Lipinski definition) is 4. The van der Waals surface area contributed by atoms with Crippen LogP contribution < -0.4 is 15.2 Å². The average molecular weight is 309 g/mol. The Hall–Kier alpha value is -1.75. The maximum Gasteiger partial charge on any atom is 0.320 e. The van der Waals surface area contributed by atoms with Gasteiger partial charge >= 0.3 is 5.97 Å². The number of rotatable bonds is 9. The summed E-state index contributed by atoms with van der Waals surface area (Å²) in [5, 5.41) is 8.95. The minimum atomic E-state index is -0.962. The van der Waals surface area contributed by atoms with Crippen LogP contribution in [-0.4, -0.2) is 30.3 Å². The summed E-state index contributed by atoms with van der Waals surface area (Å²) in [7, 11) is 0. The number of carboxylic acid groups (broad SMARTS) is 1. The Morgan fingerprint density at radius 1 is 1.23 bits per heavy atom. The van der Waals surface area contributed by atoms with E-state index in [4.69, 9.17) is 20.3 Å². The summed E-state index contributed by atoms with van der Waals surface area (Å²) in [6.45, 7) is 9.12. The molecule has 5 heteroatoms.